The van der Waals surface area contributed by atoms with E-state index in [2.05, 4.69) is 4.98 Å². The lowest BCUT2D eigenvalue weighted by Crippen LogP contribution is -2.04. The van der Waals surface area contributed by atoms with Gasteiger partial charge in [-0.1, -0.05) is 48.0 Å². The number of aryl methyl sites for hydroxylation is 1. The molecule has 1 aromatic heterocycles. The van der Waals surface area contributed by atoms with Crippen molar-refractivity contribution in [3.8, 4) is 22.5 Å². The van der Waals surface area contributed by atoms with E-state index in [0.29, 0.717) is 10.8 Å². The van der Waals surface area contributed by atoms with Crippen molar-refractivity contribution in [1.82, 2.24) is 9.55 Å². The van der Waals surface area contributed by atoms with Crippen LogP contribution in [0.1, 0.15) is 23.1 Å². The number of carbonyl (C=O) groups is 1. The van der Waals surface area contributed by atoms with Gasteiger partial charge in [0.1, 0.15) is 0 Å². The highest BCUT2D eigenvalue weighted by Gasteiger charge is 2.20. The van der Waals surface area contributed by atoms with Crippen LogP contribution in [-0.4, -0.2) is 15.3 Å². The number of benzene rings is 2. The molecule has 0 saturated carbocycles. The minimum Gasteiger partial charge on any atom is -0.324 e. The summed E-state index contributed by atoms with van der Waals surface area (Å²) in [5.74, 6) is 0.399. The zero-order valence-electron chi connectivity index (χ0n) is 13.3. The monoisotopic (exact) mass is 324 g/mol. The quantitative estimate of drug-likeness (QED) is 0.641. The van der Waals surface area contributed by atoms with Crippen molar-refractivity contribution in [2.75, 3.05) is 0 Å². The second-order valence-electron chi connectivity index (χ2n) is 5.57. The average molecular weight is 325 g/mol. The van der Waals surface area contributed by atoms with Crippen molar-refractivity contribution in [2.45, 2.75) is 13.8 Å². The van der Waals surface area contributed by atoms with Gasteiger partial charge in [0, 0.05) is 30.1 Å². The highest BCUT2D eigenvalue weighted by molar-refractivity contribution is 6.30. The van der Waals surface area contributed by atoms with Crippen LogP contribution in [0.3, 0.4) is 0 Å². The van der Waals surface area contributed by atoms with Crippen LogP contribution in [0, 0.1) is 6.92 Å². The molecule has 0 radical (unpaired) electrons. The van der Waals surface area contributed by atoms with E-state index in [1.807, 2.05) is 67.1 Å². The van der Waals surface area contributed by atoms with E-state index >= 15 is 0 Å². The molecule has 0 atom stereocenters. The lowest BCUT2D eigenvalue weighted by atomic mass is 10.0. The minimum absolute atomic E-state index is 0.0532. The first-order valence-electron chi connectivity index (χ1n) is 7.38. The standard InChI is InChI=1S/C19H17ClN2O/c1-12-6-4-5-7-16(12)17-18(14-8-10-15(20)11-9-14)22(3)19(21-17)13(2)23/h4-11H,1-3H3. The van der Waals surface area contributed by atoms with Gasteiger partial charge in [0.05, 0.1) is 11.4 Å². The Kier molecular flexibility index (Phi) is 4.05. The number of carbonyl (C=O) groups excluding carboxylic acids is 1. The van der Waals surface area contributed by atoms with E-state index in [-0.39, 0.29) is 5.78 Å². The van der Waals surface area contributed by atoms with Crippen LogP contribution < -0.4 is 0 Å². The summed E-state index contributed by atoms with van der Waals surface area (Å²) in [6.45, 7) is 3.58. The van der Waals surface area contributed by atoms with Gasteiger partial charge in [-0.2, -0.15) is 0 Å². The molecule has 0 fully saturated rings. The molecule has 0 unspecified atom stereocenters. The number of hydrogen-bond donors (Lipinski definition) is 0. The summed E-state index contributed by atoms with van der Waals surface area (Å²) in [6, 6.07) is 15.6. The lowest BCUT2D eigenvalue weighted by molar-refractivity contribution is 0.100. The Morgan fingerprint density at radius 2 is 1.74 bits per heavy atom. The van der Waals surface area contributed by atoms with E-state index in [1.54, 1.807) is 0 Å². The Balaban J connectivity index is 2.31. The fraction of sp³-hybridized carbons (Fsp3) is 0.158. The predicted octanol–water partition coefficient (Wildman–Crippen LogP) is 4.92. The summed E-state index contributed by atoms with van der Waals surface area (Å²) in [5.41, 5.74) is 4.87. The van der Waals surface area contributed by atoms with Crippen LogP contribution in [0.4, 0.5) is 0 Å². The Labute approximate surface area is 140 Å². The van der Waals surface area contributed by atoms with Gasteiger partial charge in [-0.25, -0.2) is 4.98 Å². The van der Waals surface area contributed by atoms with Crippen LogP contribution in [0.15, 0.2) is 48.5 Å². The molecule has 1 heterocycles. The van der Waals surface area contributed by atoms with Gasteiger partial charge in [0.2, 0.25) is 0 Å². The first-order valence-corrected chi connectivity index (χ1v) is 7.76. The molecule has 3 nitrogen and oxygen atoms in total. The van der Waals surface area contributed by atoms with Crippen LogP contribution in [-0.2, 0) is 7.05 Å². The van der Waals surface area contributed by atoms with E-state index in [0.717, 1.165) is 28.1 Å². The molecule has 0 spiro atoms. The molecular formula is C19H17ClN2O. The van der Waals surface area contributed by atoms with E-state index in [9.17, 15) is 4.79 Å². The molecule has 23 heavy (non-hydrogen) atoms. The Morgan fingerprint density at radius 1 is 1.09 bits per heavy atom. The third kappa shape index (κ3) is 2.80. The van der Waals surface area contributed by atoms with Crippen LogP contribution in [0.2, 0.25) is 5.02 Å². The van der Waals surface area contributed by atoms with E-state index in [4.69, 9.17) is 11.6 Å². The molecule has 0 aliphatic rings. The molecule has 116 valence electrons. The number of aromatic nitrogens is 2. The van der Waals surface area contributed by atoms with Crippen molar-refractivity contribution >= 4 is 17.4 Å². The summed E-state index contributed by atoms with van der Waals surface area (Å²) < 4.78 is 1.85. The van der Waals surface area contributed by atoms with Gasteiger partial charge in [-0.05, 0) is 24.6 Å². The number of hydrogen-bond acceptors (Lipinski definition) is 2. The number of rotatable bonds is 3. The fourth-order valence-corrected chi connectivity index (χ4v) is 2.90. The third-order valence-electron chi connectivity index (χ3n) is 3.93. The molecule has 0 amide bonds. The predicted molar refractivity (Wildman–Crippen MR) is 93.8 cm³/mol. The van der Waals surface area contributed by atoms with Gasteiger partial charge in [0.15, 0.2) is 11.6 Å². The van der Waals surface area contributed by atoms with Gasteiger partial charge in [-0.15, -0.1) is 0 Å². The zero-order valence-corrected chi connectivity index (χ0v) is 14.1. The van der Waals surface area contributed by atoms with Gasteiger partial charge in [0.25, 0.3) is 0 Å². The molecule has 0 bridgehead atoms. The Bertz CT molecular complexity index is 879. The van der Waals surface area contributed by atoms with E-state index in [1.165, 1.54) is 6.92 Å². The smallest absolute Gasteiger partial charge is 0.195 e. The average Bonchev–Trinajstić information content (AvgIpc) is 2.86. The molecule has 0 N–H and O–H groups in total. The van der Waals surface area contributed by atoms with Gasteiger partial charge < -0.3 is 4.57 Å². The summed E-state index contributed by atoms with van der Waals surface area (Å²) in [4.78, 5) is 16.5. The largest absolute Gasteiger partial charge is 0.324 e. The maximum Gasteiger partial charge on any atom is 0.195 e. The van der Waals surface area contributed by atoms with Crippen molar-refractivity contribution < 1.29 is 4.79 Å². The summed E-state index contributed by atoms with van der Waals surface area (Å²) in [7, 11) is 1.87. The van der Waals surface area contributed by atoms with Crippen molar-refractivity contribution in [2.24, 2.45) is 7.05 Å². The molecule has 3 rings (SSSR count). The first kappa shape index (κ1) is 15.5. The molecule has 2 aromatic carbocycles. The SMILES string of the molecule is CC(=O)c1nc(-c2ccccc2C)c(-c2ccc(Cl)cc2)n1C. The third-order valence-corrected chi connectivity index (χ3v) is 4.18. The highest BCUT2D eigenvalue weighted by Crippen LogP contribution is 2.34. The molecule has 0 aliphatic heterocycles. The second kappa shape index (κ2) is 6.01. The zero-order chi connectivity index (χ0) is 16.6. The first-order chi connectivity index (χ1) is 11.0. The number of halogens is 1. The summed E-state index contributed by atoms with van der Waals surface area (Å²) in [5, 5.41) is 0.681. The minimum atomic E-state index is -0.0532. The Hall–Kier alpha value is -2.39. The van der Waals surface area contributed by atoms with Gasteiger partial charge in [-0.3, -0.25) is 4.79 Å². The molecule has 3 aromatic rings. The summed E-state index contributed by atoms with van der Waals surface area (Å²) >= 11 is 6.00. The fourth-order valence-electron chi connectivity index (χ4n) is 2.78. The van der Waals surface area contributed by atoms with Crippen LogP contribution in [0.5, 0.6) is 0 Å². The van der Waals surface area contributed by atoms with Crippen molar-refractivity contribution in [3.63, 3.8) is 0 Å². The second-order valence-corrected chi connectivity index (χ2v) is 6.01. The van der Waals surface area contributed by atoms with E-state index < -0.39 is 0 Å². The lowest BCUT2D eigenvalue weighted by Gasteiger charge is -2.09. The molecule has 0 saturated heterocycles. The maximum atomic E-state index is 11.9. The number of ketones is 1. The topological polar surface area (TPSA) is 34.9 Å². The number of Topliss-reactive ketones (excluding diaryl/α,β-unsaturated/α-hetero) is 1. The van der Waals surface area contributed by atoms with Crippen molar-refractivity contribution in [1.29, 1.82) is 0 Å². The van der Waals surface area contributed by atoms with Crippen molar-refractivity contribution in [3.05, 3.63) is 64.9 Å². The Morgan fingerprint density at radius 3 is 2.35 bits per heavy atom. The number of nitrogens with zero attached hydrogens (tertiary/aromatic N) is 2. The van der Waals surface area contributed by atoms with Crippen LogP contribution >= 0.6 is 11.6 Å². The van der Waals surface area contributed by atoms with Gasteiger partial charge >= 0.3 is 0 Å². The number of imidazole rings is 1. The van der Waals surface area contributed by atoms with Crippen LogP contribution in [0.25, 0.3) is 22.5 Å². The highest BCUT2D eigenvalue weighted by atomic mass is 35.5. The summed E-state index contributed by atoms with van der Waals surface area (Å²) in [6.07, 6.45) is 0. The maximum absolute atomic E-state index is 11.9. The molecule has 0 aliphatic carbocycles. The molecular weight excluding hydrogens is 308 g/mol. The normalized spacial score (nSPS) is 10.8. The molecule has 4 heteroatoms.